The zero-order valence-electron chi connectivity index (χ0n) is 10.6. The van der Waals surface area contributed by atoms with Gasteiger partial charge in [-0.3, -0.25) is 10.5 Å². The quantitative estimate of drug-likeness (QED) is 0.515. The van der Waals surface area contributed by atoms with Crippen molar-refractivity contribution in [2.24, 2.45) is 5.84 Å². The molecule has 0 saturated carbocycles. The molecule has 1 unspecified atom stereocenters. The first-order valence-electron chi connectivity index (χ1n) is 5.86. The minimum Gasteiger partial charge on any atom is -0.493 e. The van der Waals surface area contributed by atoms with Crippen LogP contribution in [-0.4, -0.2) is 26.9 Å². The minimum atomic E-state index is -0.274. The molecule has 0 radical (unpaired) electrons. The van der Waals surface area contributed by atoms with Gasteiger partial charge in [0.25, 0.3) is 0 Å². The fourth-order valence-electron chi connectivity index (χ4n) is 1.94. The zero-order chi connectivity index (χ0) is 13.0. The van der Waals surface area contributed by atoms with Gasteiger partial charge in [0, 0.05) is 18.9 Å². The summed E-state index contributed by atoms with van der Waals surface area (Å²) < 4.78 is 7.21. The third kappa shape index (κ3) is 2.22. The molecule has 0 saturated heterocycles. The fraction of sp³-hybridized carbons (Fsp3) is 0.455. The van der Waals surface area contributed by atoms with E-state index < -0.39 is 0 Å². The molecule has 18 heavy (non-hydrogen) atoms. The van der Waals surface area contributed by atoms with E-state index >= 15 is 0 Å². The van der Waals surface area contributed by atoms with E-state index in [2.05, 4.69) is 27.4 Å². The monoisotopic (exact) mass is 250 g/mol. The van der Waals surface area contributed by atoms with E-state index in [0.29, 0.717) is 5.75 Å². The molecule has 4 N–H and O–H groups in total. The van der Waals surface area contributed by atoms with Gasteiger partial charge in [-0.2, -0.15) is 5.10 Å². The molecule has 2 rings (SSSR count). The molecule has 7 nitrogen and oxygen atoms in total. The van der Waals surface area contributed by atoms with Gasteiger partial charge in [-0.25, -0.2) is 10.4 Å². The number of hydrogen-bond donors (Lipinski definition) is 3. The van der Waals surface area contributed by atoms with Crippen molar-refractivity contribution in [2.45, 2.75) is 25.9 Å². The molecule has 0 aliphatic carbocycles. The summed E-state index contributed by atoms with van der Waals surface area (Å²) in [5, 5.41) is 4.31. The maximum absolute atomic E-state index is 5.64. The lowest BCUT2D eigenvalue weighted by Gasteiger charge is -2.16. The number of nitrogens with one attached hydrogen (secondary N) is 2. The van der Waals surface area contributed by atoms with E-state index in [1.54, 1.807) is 25.7 Å². The molecule has 0 fully saturated rings. The average Bonchev–Trinajstić information content (AvgIpc) is 3.02. The van der Waals surface area contributed by atoms with Gasteiger partial charge < -0.3 is 9.72 Å². The van der Waals surface area contributed by atoms with Crippen LogP contribution in [0, 0.1) is 0 Å². The lowest BCUT2D eigenvalue weighted by molar-refractivity contribution is 0.396. The van der Waals surface area contributed by atoms with E-state index in [0.717, 1.165) is 24.5 Å². The Bertz CT molecular complexity index is 478. The van der Waals surface area contributed by atoms with Crippen LogP contribution < -0.4 is 16.0 Å². The van der Waals surface area contributed by atoms with Gasteiger partial charge >= 0.3 is 0 Å². The minimum absolute atomic E-state index is 0.274. The first-order chi connectivity index (χ1) is 8.81. The number of nitrogens with two attached hydrogens (primary N) is 1. The molecule has 1 atom stereocenters. The Labute approximate surface area is 105 Å². The number of aromatic nitrogens is 4. The van der Waals surface area contributed by atoms with Crippen LogP contribution in [0.3, 0.4) is 0 Å². The highest BCUT2D eigenvalue weighted by atomic mass is 16.5. The maximum Gasteiger partial charge on any atom is 0.162 e. The van der Waals surface area contributed by atoms with Crippen molar-refractivity contribution < 1.29 is 4.74 Å². The van der Waals surface area contributed by atoms with Crippen molar-refractivity contribution in [3.63, 3.8) is 0 Å². The maximum atomic E-state index is 5.64. The predicted octanol–water partition coefficient (Wildman–Crippen LogP) is 0.577. The molecular formula is C11H18N6O. The summed E-state index contributed by atoms with van der Waals surface area (Å²) in [5.74, 6) is 7.06. The summed E-state index contributed by atoms with van der Waals surface area (Å²) >= 11 is 0. The second-order valence-corrected chi connectivity index (χ2v) is 3.90. The Balaban J connectivity index is 2.42. The topological polar surface area (TPSA) is 93.8 Å². The molecule has 0 aromatic carbocycles. The Hall–Kier alpha value is -1.86. The van der Waals surface area contributed by atoms with E-state index in [9.17, 15) is 0 Å². The van der Waals surface area contributed by atoms with E-state index in [-0.39, 0.29) is 6.04 Å². The van der Waals surface area contributed by atoms with Crippen molar-refractivity contribution in [3.8, 4) is 5.75 Å². The van der Waals surface area contributed by atoms with Gasteiger partial charge in [-0.1, -0.05) is 6.92 Å². The third-order valence-corrected chi connectivity index (χ3v) is 2.73. The normalized spacial score (nSPS) is 12.6. The van der Waals surface area contributed by atoms with Crippen molar-refractivity contribution in [2.75, 3.05) is 7.11 Å². The fourth-order valence-corrected chi connectivity index (χ4v) is 1.94. The molecule has 0 aliphatic heterocycles. The molecule has 0 bridgehead atoms. The van der Waals surface area contributed by atoms with Crippen LogP contribution in [0.4, 0.5) is 0 Å². The van der Waals surface area contributed by atoms with Crippen LogP contribution >= 0.6 is 0 Å². The number of methoxy groups -OCH3 is 1. The lowest BCUT2D eigenvalue weighted by Crippen LogP contribution is -2.32. The van der Waals surface area contributed by atoms with Gasteiger partial charge in [0.2, 0.25) is 0 Å². The number of rotatable bonds is 6. The van der Waals surface area contributed by atoms with Crippen LogP contribution in [0.25, 0.3) is 0 Å². The van der Waals surface area contributed by atoms with Crippen LogP contribution in [0.1, 0.15) is 30.9 Å². The summed E-state index contributed by atoms with van der Waals surface area (Å²) in [6.07, 6.45) is 6.12. The summed E-state index contributed by atoms with van der Waals surface area (Å²) in [5.41, 5.74) is 3.62. The first kappa shape index (κ1) is 12.6. The number of aryl methyl sites for hydroxylation is 1. The highest BCUT2D eigenvalue weighted by Crippen LogP contribution is 2.27. The predicted molar refractivity (Wildman–Crippen MR) is 66.8 cm³/mol. The molecule has 2 aromatic heterocycles. The smallest absolute Gasteiger partial charge is 0.162 e. The second-order valence-electron chi connectivity index (χ2n) is 3.90. The van der Waals surface area contributed by atoms with Gasteiger partial charge in [0.1, 0.15) is 17.6 Å². The summed E-state index contributed by atoms with van der Waals surface area (Å²) in [4.78, 5) is 7.27. The Morgan fingerprint density at radius 1 is 1.61 bits per heavy atom. The van der Waals surface area contributed by atoms with Gasteiger partial charge in [0.15, 0.2) is 5.75 Å². The number of nitrogens with zero attached hydrogens (tertiary/aromatic N) is 3. The third-order valence-electron chi connectivity index (χ3n) is 2.73. The first-order valence-corrected chi connectivity index (χ1v) is 5.86. The number of aromatic amines is 1. The highest BCUT2D eigenvalue weighted by Gasteiger charge is 2.24. The summed E-state index contributed by atoms with van der Waals surface area (Å²) in [6, 6.07) is -0.274. The van der Waals surface area contributed by atoms with Crippen LogP contribution in [0.5, 0.6) is 5.75 Å². The number of imidazole rings is 1. The molecular weight excluding hydrogens is 232 g/mol. The van der Waals surface area contributed by atoms with Crippen molar-refractivity contribution >= 4 is 0 Å². The van der Waals surface area contributed by atoms with Crippen molar-refractivity contribution in [1.82, 2.24) is 25.2 Å². The van der Waals surface area contributed by atoms with Gasteiger partial charge in [-0.05, 0) is 6.42 Å². The largest absolute Gasteiger partial charge is 0.493 e. The summed E-state index contributed by atoms with van der Waals surface area (Å²) in [6.45, 7) is 2.90. The molecule has 98 valence electrons. The van der Waals surface area contributed by atoms with Crippen LogP contribution in [-0.2, 0) is 6.54 Å². The van der Waals surface area contributed by atoms with Crippen molar-refractivity contribution in [1.29, 1.82) is 0 Å². The number of ether oxygens (including phenoxy) is 1. The molecule has 7 heteroatoms. The number of hydrazine groups is 1. The lowest BCUT2D eigenvalue weighted by atomic mass is 10.2. The molecule has 2 heterocycles. The molecule has 0 spiro atoms. The Morgan fingerprint density at radius 3 is 3.00 bits per heavy atom. The highest BCUT2D eigenvalue weighted by molar-refractivity contribution is 5.32. The molecule has 2 aromatic rings. The standard InChI is InChI=1S/C11H18N6O/c1-3-6-17-10(8(18-2)7-15-17)9(16-12)11-13-4-5-14-11/h4-5,7,9,16H,3,6,12H2,1-2H3,(H,13,14). The van der Waals surface area contributed by atoms with E-state index in [4.69, 9.17) is 10.6 Å². The van der Waals surface area contributed by atoms with Crippen LogP contribution in [0.15, 0.2) is 18.6 Å². The summed E-state index contributed by atoms with van der Waals surface area (Å²) in [7, 11) is 1.62. The Kier molecular flexibility index (Phi) is 3.96. The van der Waals surface area contributed by atoms with E-state index in [1.807, 2.05) is 4.68 Å². The Morgan fingerprint density at radius 2 is 2.44 bits per heavy atom. The average molecular weight is 250 g/mol. The second kappa shape index (κ2) is 5.65. The number of hydrogen-bond acceptors (Lipinski definition) is 5. The number of H-pyrrole nitrogens is 1. The molecule has 0 amide bonds. The molecule has 0 aliphatic rings. The van der Waals surface area contributed by atoms with Gasteiger partial charge in [0.05, 0.1) is 13.3 Å². The zero-order valence-corrected chi connectivity index (χ0v) is 10.6. The van der Waals surface area contributed by atoms with Gasteiger partial charge in [-0.15, -0.1) is 0 Å². The van der Waals surface area contributed by atoms with Crippen molar-refractivity contribution in [3.05, 3.63) is 30.1 Å². The van der Waals surface area contributed by atoms with Crippen LogP contribution in [0.2, 0.25) is 0 Å². The van der Waals surface area contributed by atoms with E-state index in [1.165, 1.54) is 0 Å². The SMILES string of the molecule is CCCn1ncc(OC)c1C(NN)c1ncc[nH]1.